The van der Waals surface area contributed by atoms with E-state index < -0.39 is 6.10 Å². The molecule has 17 heavy (non-hydrogen) atoms. The first kappa shape index (κ1) is 15.7. The van der Waals surface area contributed by atoms with Crippen LogP contribution in [0.15, 0.2) is 24.3 Å². The molecule has 0 aliphatic carbocycles. The molecule has 0 fully saturated rings. The summed E-state index contributed by atoms with van der Waals surface area (Å²) in [6.45, 7) is 4.53. The molecule has 0 aromatic heterocycles. The fourth-order valence-corrected chi connectivity index (χ4v) is 1.37. The summed E-state index contributed by atoms with van der Waals surface area (Å²) >= 11 is 0. The van der Waals surface area contributed by atoms with E-state index in [9.17, 15) is 5.11 Å². The van der Waals surface area contributed by atoms with Crippen LogP contribution in [0.5, 0.6) is 5.75 Å². The van der Waals surface area contributed by atoms with E-state index in [4.69, 9.17) is 14.9 Å². The average Bonchev–Trinajstić information content (AvgIpc) is 2.29. The Morgan fingerprint density at radius 1 is 1.29 bits per heavy atom. The van der Waals surface area contributed by atoms with Gasteiger partial charge in [0.2, 0.25) is 5.90 Å². The maximum Gasteiger partial charge on any atom is 0.215 e. The van der Waals surface area contributed by atoms with Gasteiger partial charge in [0.15, 0.2) is 6.10 Å². The summed E-state index contributed by atoms with van der Waals surface area (Å²) in [6.07, 6.45) is -1.07. The van der Waals surface area contributed by atoms with Gasteiger partial charge in [-0.15, -0.1) is 12.4 Å². The van der Waals surface area contributed by atoms with Crippen molar-refractivity contribution < 1.29 is 14.6 Å². The van der Waals surface area contributed by atoms with Crippen LogP contribution in [-0.4, -0.2) is 24.2 Å². The van der Waals surface area contributed by atoms with Crippen LogP contribution >= 0.6 is 12.4 Å². The molecule has 5 heteroatoms. The molecule has 1 rings (SSSR count). The van der Waals surface area contributed by atoms with Crippen molar-refractivity contribution in [3.05, 3.63) is 29.8 Å². The lowest BCUT2D eigenvalue weighted by Crippen LogP contribution is -2.15. The number of ether oxygens (including phenoxy) is 2. The van der Waals surface area contributed by atoms with Gasteiger partial charge in [-0.25, -0.2) is 0 Å². The lowest BCUT2D eigenvalue weighted by atomic mass is 10.1. The Hall–Kier alpha value is -1.26. The Morgan fingerprint density at radius 3 is 2.53 bits per heavy atom. The molecule has 0 aliphatic rings. The monoisotopic (exact) mass is 259 g/mol. The van der Waals surface area contributed by atoms with Crippen LogP contribution in [0.25, 0.3) is 0 Å². The van der Waals surface area contributed by atoms with E-state index in [1.54, 1.807) is 25.1 Å². The third-order valence-corrected chi connectivity index (χ3v) is 2.06. The van der Waals surface area contributed by atoms with Crippen molar-refractivity contribution in [3.63, 3.8) is 0 Å². The molecule has 1 atom stereocenters. The summed E-state index contributed by atoms with van der Waals surface area (Å²) < 4.78 is 10.3. The molecule has 0 saturated carbocycles. The first-order valence-corrected chi connectivity index (χ1v) is 5.31. The van der Waals surface area contributed by atoms with E-state index >= 15 is 0 Å². The van der Waals surface area contributed by atoms with Crippen molar-refractivity contribution in [1.29, 1.82) is 5.41 Å². The molecule has 0 saturated heterocycles. The van der Waals surface area contributed by atoms with Gasteiger partial charge in [-0.2, -0.15) is 0 Å². The molecule has 2 N–H and O–H groups in total. The predicted octanol–water partition coefficient (Wildman–Crippen LogP) is 2.55. The lowest BCUT2D eigenvalue weighted by molar-refractivity contribution is 0.185. The van der Waals surface area contributed by atoms with Crippen LogP contribution < -0.4 is 4.74 Å². The minimum absolute atomic E-state index is 0. The molecule has 1 unspecified atom stereocenters. The standard InChI is InChI=1S/C12H17NO3.ClH/c1-3-15-10-8-6-5-7-9(10)11(14)12(13)16-4-2;/h5-8,11,13-14H,3-4H2,1-2H3;1H. The number of aliphatic hydroxyl groups excluding tert-OH is 1. The number of benzene rings is 1. The van der Waals surface area contributed by atoms with Crippen molar-refractivity contribution in [2.45, 2.75) is 20.0 Å². The smallest absolute Gasteiger partial charge is 0.215 e. The normalized spacial score (nSPS) is 11.2. The summed E-state index contributed by atoms with van der Waals surface area (Å²) in [7, 11) is 0. The number of para-hydroxylation sites is 1. The zero-order valence-electron chi connectivity index (χ0n) is 9.97. The second-order valence-corrected chi connectivity index (χ2v) is 3.17. The van der Waals surface area contributed by atoms with Gasteiger partial charge in [0.1, 0.15) is 5.75 Å². The minimum atomic E-state index is -1.07. The fourth-order valence-electron chi connectivity index (χ4n) is 1.37. The van der Waals surface area contributed by atoms with E-state index in [1.165, 1.54) is 0 Å². The SMILES string of the molecule is CCOC(=N)C(O)c1ccccc1OCC.Cl. The summed E-state index contributed by atoms with van der Waals surface area (Å²) in [5, 5.41) is 17.4. The fraction of sp³-hybridized carbons (Fsp3) is 0.417. The van der Waals surface area contributed by atoms with Crippen LogP contribution in [-0.2, 0) is 4.74 Å². The van der Waals surface area contributed by atoms with Crippen molar-refractivity contribution in [3.8, 4) is 5.75 Å². The highest BCUT2D eigenvalue weighted by Crippen LogP contribution is 2.25. The van der Waals surface area contributed by atoms with Crippen molar-refractivity contribution in [2.75, 3.05) is 13.2 Å². The largest absolute Gasteiger partial charge is 0.493 e. The summed E-state index contributed by atoms with van der Waals surface area (Å²) in [4.78, 5) is 0. The number of hydrogen-bond donors (Lipinski definition) is 2. The van der Waals surface area contributed by atoms with Gasteiger partial charge in [-0.3, -0.25) is 5.41 Å². The van der Waals surface area contributed by atoms with E-state index in [1.807, 2.05) is 13.0 Å². The maximum absolute atomic E-state index is 9.90. The molecule has 1 aromatic rings. The zero-order valence-corrected chi connectivity index (χ0v) is 10.8. The average molecular weight is 260 g/mol. The van der Waals surface area contributed by atoms with Gasteiger partial charge in [0, 0.05) is 5.56 Å². The molecule has 0 heterocycles. The molecule has 0 spiro atoms. The molecular weight excluding hydrogens is 242 g/mol. The maximum atomic E-state index is 9.90. The number of aliphatic hydroxyl groups is 1. The second-order valence-electron chi connectivity index (χ2n) is 3.17. The number of rotatable bonds is 5. The molecule has 0 radical (unpaired) electrons. The highest BCUT2D eigenvalue weighted by Gasteiger charge is 2.18. The van der Waals surface area contributed by atoms with Gasteiger partial charge in [-0.05, 0) is 19.9 Å². The van der Waals surface area contributed by atoms with Gasteiger partial charge >= 0.3 is 0 Å². The molecule has 0 amide bonds. The Kier molecular flexibility index (Phi) is 7.34. The van der Waals surface area contributed by atoms with Gasteiger partial charge in [0.25, 0.3) is 0 Å². The lowest BCUT2D eigenvalue weighted by Gasteiger charge is -2.16. The van der Waals surface area contributed by atoms with Crippen LogP contribution in [0.1, 0.15) is 25.5 Å². The number of hydrogen-bond acceptors (Lipinski definition) is 4. The van der Waals surface area contributed by atoms with E-state index in [0.29, 0.717) is 24.5 Å². The van der Waals surface area contributed by atoms with Crippen LogP contribution in [0.4, 0.5) is 0 Å². The summed E-state index contributed by atoms with van der Waals surface area (Å²) in [5.41, 5.74) is 0.558. The van der Waals surface area contributed by atoms with Gasteiger partial charge < -0.3 is 14.6 Å². The topological polar surface area (TPSA) is 62.5 Å². The van der Waals surface area contributed by atoms with Crippen molar-refractivity contribution >= 4 is 18.3 Å². The zero-order chi connectivity index (χ0) is 12.0. The summed E-state index contributed by atoms with van der Waals surface area (Å²) in [6, 6.07) is 7.11. The van der Waals surface area contributed by atoms with Crippen molar-refractivity contribution in [1.82, 2.24) is 0 Å². The molecule has 0 aliphatic heterocycles. The van der Waals surface area contributed by atoms with Crippen LogP contribution in [0.2, 0.25) is 0 Å². The summed E-state index contributed by atoms with van der Waals surface area (Å²) in [5.74, 6) is 0.427. The number of halogens is 1. The Morgan fingerprint density at radius 2 is 1.94 bits per heavy atom. The van der Waals surface area contributed by atoms with Crippen molar-refractivity contribution in [2.24, 2.45) is 0 Å². The minimum Gasteiger partial charge on any atom is -0.493 e. The quantitative estimate of drug-likeness (QED) is 0.631. The predicted molar refractivity (Wildman–Crippen MR) is 69.2 cm³/mol. The highest BCUT2D eigenvalue weighted by molar-refractivity contribution is 5.85. The Balaban J connectivity index is 0.00000256. The Bertz CT molecular complexity index is 357. The van der Waals surface area contributed by atoms with Crippen LogP contribution in [0, 0.1) is 5.41 Å². The Labute approximate surface area is 107 Å². The van der Waals surface area contributed by atoms with Gasteiger partial charge in [0.05, 0.1) is 13.2 Å². The molecule has 1 aromatic carbocycles. The molecular formula is C12H18ClNO3. The molecule has 96 valence electrons. The first-order chi connectivity index (χ1) is 7.70. The van der Waals surface area contributed by atoms with E-state index in [-0.39, 0.29) is 18.3 Å². The third kappa shape index (κ3) is 4.24. The van der Waals surface area contributed by atoms with E-state index in [0.717, 1.165) is 0 Å². The van der Waals surface area contributed by atoms with Crippen LogP contribution in [0.3, 0.4) is 0 Å². The third-order valence-electron chi connectivity index (χ3n) is 2.06. The molecule has 0 bridgehead atoms. The first-order valence-electron chi connectivity index (χ1n) is 5.31. The second kappa shape index (κ2) is 7.92. The van der Waals surface area contributed by atoms with Gasteiger partial charge in [-0.1, -0.05) is 18.2 Å². The van der Waals surface area contributed by atoms with E-state index in [2.05, 4.69) is 0 Å². The number of nitrogens with one attached hydrogen (secondary N) is 1. The highest BCUT2D eigenvalue weighted by atomic mass is 35.5. The molecule has 4 nitrogen and oxygen atoms in total.